The van der Waals surface area contributed by atoms with Gasteiger partial charge in [0.1, 0.15) is 0 Å². The van der Waals surface area contributed by atoms with Crippen LogP contribution in [-0.4, -0.2) is 42.8 Å². The molecule has 0 rings (SSSR count). The standard InChI is InChI=1S/C9H19N3O3/c1-6(13)4-5-11-7(2)8(14)12-9(15)10-3/h6-7,11,13H,4-5H2,1-3H3,(H2,10,12,14,15). The van der Waals surface area contributed by atoms with Crippen LogP contribution in [0.2, 0.25) is 0 Å². The van der Waals surface area contributed by atoms with Gasteiger partial charge < -0.3 is 15.7 Å². The van der Waals surface area contributed by atoms with Crippen molar-refractivity contribution in [3.05, 3.63) is 0 Å². The van der Waals surface area contributed by atoms with Crippen LogP contribution in [-0.2, 0) is 4.79 Å². The highest BCUT2D eigenvalue weighted by molar-refractivity contribution is 5.96. The van der Waals surface area contributed by atoms with Crippen LogP contribution in [0.4, 0.5) is 4.79 Å². The first kappa shape index (κ1) is 13.9. The molecular formula is C9H19N3O3. The zero-order valence-electron chi connectivity index (χ0n) is 9.33. The van der Waals surface area contributed by atoms with E-state index in [1.165, 1.54) is 7.05 Å². The number of imide groups is 1. The topological polar surface area (TPSA) is 90.5 Å². The average Bonchev–Trinajstić information content (AvgIpc) is 2.16. The summed E-state index contributed by atoms with van der Waals surface area (Å²) in [5, 5.41) is 16.3. The third-order valence-corrected chi connectivity index (χ3v) is 1.87. The number of carbonyl (C=O) groups is 2. The van der Waals surface area contributed by atoms with Crippen LogP contribution in [0.3, 0.4) is 0 Å². The fourth-order valence-corrected chi connectivity index (χ4v) is 0.884. The summed E-state index contributed by atoms with van der Waals surface area (Å²) in [7, 11) is 1.44. The Labute approximate surface area is 89.4 Å². The van der Waals surface area contributed by atoms with Crippen molar-refractivity contribution in [3.8, 4) is 0 Å². The minimum atomic E-state index is -0.524. The van der Waals surface area contributed by atoms with E-state index in [0.29, 0.717) is 13.0 Å². The number of rotatable bonds is 5. The first-order chi connectivity index (χ1) is 6.97. The van der Waals surface area contributed by atoms with Crippen LogP contribution in [0.5, 0.6) is 0 Å². The van der Waals surface area contributed by atoms with Crippen LogP contribution in [0.15, 0.2) is 0 Å². The fourth-order valence-electron chi connectivity index (χ4n) is 0.884. The van der Waals surface area contributed by atoms with Crippen LogP contribution in [0.1, 0.15) is 20.3 Å². The molecule has 4 N–H and O–H groups in total. The lowest BCUT2D eigenvalue weighted by atomic mass is 10.2. The molecule has 0 heterocycles. The molecule has 0 bridgehead atoms. The van der Waals surface area contributed by atoms with Gasteiger partial charge in [0.15, 0.2) is 0 Å². The maximum atomic E-state index is 11.3. The largest absolute Gasteiger partial charge is 0.393 e. The van der Waals surface area contributed by atoms with E-state index in [1.54, 1.807) is 13.8 Å². The quantitative estimate of drug-likeness (QED) is 0.485. The summed E-state index contributed by atoms with van der Waals surface area (Å²) in [5.74, 6) is -0.389. The van der Waals surface area contributed by atoms with E-state index in [4.69, 9.17) is 5.11 Å². The molecule has 0 aromatic carbocycles. The lowest BCUT2D eigenvalue weighted by Crippen LogP contribution is -2.47. The molecule has 15 heavy (non-hydrogen) atoms. The Kier molecular flexibility index (Phi) is 6.64. The molecule has 88 valence electrons. The summed E-state index contributed by atoms with van der Waals surface area (Å²) < 4.78 is 0. The van der Waals surface area contributed by atoms with E-state index < -0.39 is 18.2 Å². The van der Waals surface area contributed by atoms with Crippen LogP contribution >= 0.6 is 0 Å². The Bertz CT molecular complexity index is 219. The van der Waals surface area contributed by atoms with Crippen molar-refractivity contribution in [2.24, 2.45) is 0 Å². The highest BCUT2D eigenvalue weighted by Crippen LogP contribution is 1.88. The van der Waals surface area contributed by atoms with Gasteiger partial charge in [-0.05, 0) is 26.8 Å². The van der Waals surface area contributed by atoms with Crippen molar-refractivity contribution in [3.63, 3.8) is 0 Å². The van der Waals surface area contributed by atoms with E-state index >= 15 is 0 Å². The zero-order valence-corrected chi connectivity index (χ0v) is 9.33. The monoisotopic (exact) mass is 217 g/mol. The normalized spacial score (nSPS) is 14.1. The summed E-state index contributed by atoms with van der Waals surface area (Å²) >= 11 is 0. The predicted molar refractivity (Wildman–Crippen MR) is 56.4 cm³/mol. The molecule has 6 heteroatoms. The lowest BCUT2D eigenvalue weighted by Gasteiger charge is -2.13. The van der Waals surface area contributed by atoms with Crippen molar-refractivity contribution in [2.45, 2.75) is 32.4 Å². The maximum Gasteiger partial charge on any atom is 0.321 e. The molecule has 0 aliphatic carbocycles. The second-order valence-electron chi connectivity index (χ2n) is 3.38. The number of hydrogen-bond acceptors (Lipinski definition) is 4. The summed E-state index contributed by atoms with van der Waals surface area (Å²) in [6.45, 7) is 3.86. The third kappa shape index (κ3) is 6.87. The molecule has 2 atom stereocenters. The van der Waals surface area contributed by atoms with E-state index in [9.17, 15) is 9.59 Å². The maximum absolute atomic E-state index is 11.3. The van der Waals surface area contributed by atoms with E-state index in [-0.39, 0.29) is 5.91 Å². The molecule has 0 saturated carbocycles. The molecule has 2 unspecified atom stereocenters. The molecule has 3 amide bonds. The number of aliphatic hydroxyl groups excluding tert-OH is 1. The molecule has 6 nitrogen and oxygen atoms in total. The summed E-state index contributed by atoms with van der Waals surface area (Å²) in [6, 6.07) is -0.981. The van der Waals surface area contributed by atoms with Crippen molar-refractivity contribution >= 4 is 11.9 Å². The number of amides is 3. The minimum Gasteiger partial charge on any atom is -0.393 e. The number of hydrogen-bond donors (Lipinski definition) is 4. The Morgan fingerprint density at radius 2 is 1.93 bits per heavy atom. The molecule has 0 fully saturated rings. The summed E-state index contributed by atoms with van der Waals surface area (Å²) in [4.78, 5) is 22.1. The number of carbonyl (C=O) groups excluding carboxylic acids is 2. The Morgan fingerprint density at radius 1 is 1.33 bits per heavy atom. The van der Waals surface area contributed by atoms with Gasteiger partial charge in [-0.1, -0.05) is 0 Å². The van der Waals surface area contributed by atoms with Gasteiger partial charge in [-0.2, -0.15) is 0 Å². The van der Waals surface area contributed by atoms with E-state index in [1.807, 2.05) is 0 Å². The van der Waals surface area contributed by atoms with Crippen LogP contribution in [0, 0.1) is 0 Å². The summed E-state index contributed by atoms with van der Waals surface area (Å²) in [6.07, 6.45) is 0.170. The molecule has 0 radical (unpaired) electrons. The predicted octanol–water partition coefficient (Wildman–Crippen LogP) is -0.809. The SMILES string of the molecule is CNC(=O)NC(=O)C(C)NCCC(C)O. The van der Waals surface area contributed by atoms with Crippen LogP contribution in [0.25, 0.3) is 0 Å². The van der Waals surface area contributed by atoms with E-state index in [0.717, 1.165) is 0 Å². The van der Waals surface area contributed by atoms with Gasteiger partial charge in [-0.3, -0.25) is 10.1 Å². The molecular weight excluding hydrogens is 198 g/mol. The van der Waals surface area contributed by atoms with Gasteiger partial charge in [-0.25, -0.2) is 4.79 Å². The van der Waals surface area contributed by atoms with Gasteiger partial charge in [0, 0.05) is 7.05 Å². The number of urea groups is 1. The van der Waals surface area contributed by atoms with Gasteiger partial charge >= 0.3 is 6.03 Å². The molecule has 0 aromatic rings. The second kappa shape index (κ2) is 7.19. The first-order valence-corrected chi connectivity index (χ1v) is 4.91. The van der Waals surface area contributed by atoms with Crippen molar-refractivity contribution < 1.29 is 14.7 Å². The first-order valence-electron chi connectivity index (χ1n) is 4.91. The van der Waals surface area contributed by atoms with Crippen LogP contribution < -0.4 is 16.0 Å². The Hall–Kier alpha value is -1.14. The molecule has 0 aliphatic heterocycles. The van der Waals surface area contributed by atoms with Crippen molar-refractivity contribution in [1.82, 2.24) is 16.0 Å². The lowest BCUT2D eigenvalue weighted by molar-refractivity contribution is -0.121. The average molecular weight is 217 g/mol. The molecule has 0 aromatic heterocycles. The fraction of sp³-hybridized carbons (Fsp3) is 0.778. The van der Waals surface area contributed by atoms with Gasteiger partial charge in [0.05, 0.1) is 12.1 Å². The summed E-state index contributed by atoms with van der Waals surface area (Å²) in [5.41, 5.74) is 0. The smallest absolute Gasteiger partial charge is 0.321 e. The molecule has 0 saturated heterocycles. The number of aliphatic hydroxyl groups is 1. The zero-order chi connectivity index (χ0) is 11.8. The van der Waals surface area contributed by atoms with E-state index in [2.05, 4.69) is 16.0 Å². The van der Waals surface area contributed by atoms with Gasteiger partial charge in [0.2, 0.25) is 5.91 Å². The van der Waals surface area contributed by atoms with Crippen molar-refractivity contribution in [2.75, 3.05) is 13.6 Å². The Morgan fingerprint density at radius 3 is 2.40 bits per heavy atom. The highest BCUT2D eigenvalue weighted by atomic mass is 16.3. The Balaban J connectivity index is 3.74. The molecule has 0 spiro atoms. The third-order valence-electron chi connectivity index (χ3n) is 1.87. The second-order valence-corrected chi connectivity index (χ2v) is 3.38. The highest BCUT2D eigenvalue weighted by Gasteiger charge is 2.14. The van der Waals surface area contributed by atoms with Gasteiger partial charge in [0.25, 0.3) is 0 Å². The minimum absolute atomic E-state index is 0.389. The van der Waals surface area contributed by atoms with Gasteiger partial charge in [-0.15, -0.1) is 0 Å². The molecule has 0 aliphatic rings. The van der Waals surface area contributed by atoms with Crippen molar-refractivity contribution in [1.29, 1.82) is 0 Å². The number of nitrogens with one attached hydrogen (secondary N) is 3.